The monoisotopic (exact) mass is 471 g/mol. The van der Waals surface area contributed by atoms with E-state index in [9.17, 15) is 23.3 Å². The Labute approximate surface area is 186 Å². The lowest BCUT2D eigenvalue weighted by Crippen LogP contribution is -2.52. The molecule has 9 nitrogen and oxygen atoms in total. The fraction of sp³-hybridized carbons (Fsp3) is 0.650. The molecule has 0 radical (unpaired) electrons. The van der Waals surface area contributed by atoms with Gasteiger partial charge in [-0.3, -0.25) is 14.9 Å². The first-order valence-corrected chi connectivity index (χ1v) is 12.5. The predicted molar refractivity (Wildman–Crippen MR) is 113 cm³/mol. The number of amides is 1. The maximum absolute atomic E-state index is 13.1. The van der Waals surface area contributed by atoms with Gasteiger partial charge < -0.3 is 9.64 Å². The summed E-state index contributed by atoms with van der Waals surface area (Å²) < 4.78 is 33.6. The van der Waals surface area contributed by atoms with Gasteiger partial charge in [-0.1, -0.05) is 11.6 Å². The van der Waals surface area contributed by atoms with E-state index < -0.39 is 20.6 Å². The smallest absolute Gasteiger partial charge is 0.289 e. The zero-order chi connectivity index (χ0) is 22.2. The van der Waals surface area contributed by atoms with Gasteiger partial charge in [-0.25, -0.2) is 13.1 Å². The van der Waals surface area contributed by atoms with Crippen molar-refractivity contribution in [2.24, 2.45) is 11.8 Å². The number of rotatable bonds is 6. The number of nitrogens with zero attached hydrogens (tertiary/aromatic N) is 2. The summed E-state index contributed by atoms with van der Waals surface area (Å²) in [5, 5.41) is 10.9. The van der Waals surface area contributed by atoms with Gasteiger partial charge >= 0.3 is 0 Å². The highest BCUT2D eigenvalue weighted by molar-refractivity contribution is 7.89. The summed E-state index contributed by atoms with van der Waals surface area (Å²) in [6.07, 6.45) is 4.61. The normalized spacial score (nSPS) is 27.1. The molecular weight excluding hydrogens is 446 g/mol. The van der Waals surface area contributed by atoms with Gasteiger partial charge in [0.2, 0.25) is 15.9 Å². The molecule has 0 aromatic heterocycles. The van der Waals surface area contributed by atoms with Crippen LogP contribution >= 0.6 is 11.6 Å². The Balaban J connectivity index is 1.36. The predicted octanol–water partition coefficient (Wildman–Crippen LogP) is 2.72. The minimum atomic E-state index is -3.93. The number of ether oxygens (including phenoxy) is 1. The fourth-order valence-corrected chi connectivity index (χ4v) is 6.06. The Kier molecular flexibility index (Phi) is 6.52. The fourth-order valence-electron chi connectivity index (χ4n) is 4.55. The van der Waals surface area contributed by atoms with Crippen molar-refractivity contribution in [3.05, 3.63) is 33.3 Å². The third-order valence-electron chi connectivity index (χ3n) is 6.44. The molecule has 3 fully saturated rings. The molecule has 1 heterocycles. The second kappa shape index (κ2) is 9.01. The Morgan fingerprint density at radius 3 is 2.55 bits per heavy atom. The van der Waals surface area contributed by atoms with Gasteiger partial charge in [0.25, 0.3) is 5.69 Å². The maximum Gasteiger partial charge on any atom is 0.289 e. The van der Waals surface area contributed by atoms with Crippen LogP contribution in [0.2, 0.25) is 5.02 Å². The van der Waals surface area contributed by atoms with Crippen LogP contribution in [0.3, 0.4) is 0 Å². The molecule has 3 aliphatic rings. The lowest BCUT2D eigenvalue weighted by Gasteiger charge is -2.39. The summed E-state index contributed by atoms with van der Waals surface area (Å²) in [7, 11) is -3.93. The van der Waals surface area contributed by atoms with E-state index in [1.54, 1.807) is 0 Å². The molecule has 11 heteroatoms. The van der Waals surface area contributed by atoms with Gasteiger partial charge in [0, 0.05) is 24.6 Å². The van der Waals surface area contributed by atoms with Crippen molar-refractivity contribution in [1.82, 2.24) is 9.62 Å². The second-order valence-corrected chi connectivity index (χ2v) is 10.7. The van der Waals surface area contributed by atoms with E-state index in [-0.39, 0.29) is 33.8 Å². The van der Waals surface area contributed by atoms with Crippen molar-refractivity contribution in [2.45, 2.75) is 55.5 Å². The van der Waals surface area contributed by atoms with Crippen LogP contribution in [0.5, 0.6) is 0 Å². The largest absolute Gasteiger partial charge is 0.377 e. The number of halogens is 1. The van der Waals surface area contributed by atoms with Crippen LogP contribution < -0.4 is 4.72 Å². The molecule has 1 N–H and O–H groups in total. The number of nitro groups is 1. The summed E-state index contributed by atoms with van der Waals surface area (Å²) in [4.78, 5) is 25.2. The third kappa shape index (κ3) is 5.02. The first kappa shape index (κ1) is 22.4. The average Bonchev–Trinajstić information content (AvgIpc) is 3.59. The summed E-state index contributed by atoms with van der Waals surface area (Å²) in [6, 6.07) is 3.30. The van der Waals surface area contributed by atoms with Crippen LogP contribution in [0.1, 0.15) is 38.5 Å². The number of carbonyl (C=O) groups is 1. The molecule has 4 rings (SSSR count). The van der Waals surface area contributed by atoms with Crippen LogP contribution in [0.25, 0.3) is 0 Å². The Morgan fingerprint density at radius 2 is 1.90 bits per heavy atom. The number of hydrogen-bond acceptors (Lipinski definition) is 6. The molecule has 2 aliphatic carbocycles. The van der Waals surface area contributed by atoms with E-state index in [0.29, 0.717) is 51.4 Å². The van der Waals surface area contributed by atoms with Gasteiger partial charge in [0.1, 0.15) is 5.02 Å². The van der Waals surface area contributed by atoms with Crippen LogP contribution in [-0.4, -0.2) is 56.0 Å². The van der Waals surface area contributed by atoms with E-state index >= 15 is 0 Å². The SMILES string of the molecule is O=C(C1CCC(NS(=O)(=O)c2ccc(Cl)c([N+](=O)[O-])c2)CC1)N1CCOCC1C1CC1. The number of carbonyl (C=O) groups excluding carboxylic acids is 1. The maximum atomic E-state index is 13.1. The molecular formula is C20H26ClN3O6S. The molecule has 1 atom stereocenters. The van der Waals surface area contributed by atoms with E-state index in [4.69, 9.17) is 16.3 Å². The van der Waals surface area contributed by atoms with E-state index in [0.717, 1.165) is 18.9 Å². The molecule has 31 heavy (non-hydrogen) atoms. The zero-order valence-corrected chi connectivity index (χ0v) is 18.6. The van der Waals surface area contributed by atoms with Gasteiger partial charge in [-0.2, -0.15) is 0 Å². The number of nitrogens with one attached hydrogen (secondary N) is 1. The molecule has 0 spiro atoms. The van der Waals surface area contributed by atoms with Crippen LogP contribution in [0.4, 0.5) is 5.69 Å². The van der Waals surface area contributed by atoms with E-state index in [2.05, 4.69) is 4.72 Å². The molecule has 1 unspecified atom stereocenters. The topological polar surface area (TPSA) is 119 Å². The first-order valence-electron chi connectivity index (χ1n) is 10.6. The zero-order valence-electron chi connectivity index (χ0n) is 17.0. The summed E-state index contributed by atoms with van der Waals surface area (Å²) in [5.41, 5.74) is -0.449. The summed E-state index contributed by atoms with van der Waals surface area (Å²) >= 11 is 5.78. The molecule has 1 aromatic rings. The third-order valence-corrected chi connectivity index (χ3v) is 8.28. The minimum Gasteiger partial charge on any atom is -0.377 e. The van der Waals surface area contributed by atoms with Crippen LogP contribution in [-0.2, 0) is 19.6 Å². The number of sulfonamides is 1. The number of nitro benzene ring substituents is 1. The van der Waals surface area contributed by atoms with Crippen molar-refractivity contribution in [1.29, 1.82) is 0 Å². The molecule has 0 bridgehead atoms. The highest BCUT2D eigenvalue weighted by Gasteiger charge is 2.41. The summed E-state index contributed by atoms with van der Waals surface area (Å²) in [5.74, 6) is 0.613. The molecule has 1 aromatic carbocycles. The van der Waals surface area contributed by atoms with Gasteiger partial charge in [-0.15, -0.1) is 0 Å². The Hall–Kier alpha value is -1.75. The van der Waals surface area contributed by atoms with Crippen molar-refractivity contribution in [3.8, 4) is 0 Å². The highest BCUT2D eigenvalue weighted by atomic mass is 35.5. The first-order chi connectivity index (χ1) is 14.8. The standard InChI is InChI=1S/C20H26ClN3O6S/c21-17-8-7-16(11-18(17)24(26)27)31(28,29)22-15-5-3-14(4-6-15)20(25)23-9-10-30-12-19(23)13-1-2-13/h7-8,11,13-15,19,22H,1-6,9-10,12H2. The highest BCUT2D eigenvalue weighted by Crippen LogP contribution is 2.38. The van der Waals surface area contributed by atoms with Gasteiger partial charge in [-0.05, 0) is 56.6 Å². The molecule has 1 aliphatic heterocycles. The molecule has 170 valence electrons. The Bertz CT molecular complexity index is 960. The van der Waals surface area contributed by atoms with Crippen LogP contribution in [0, 0.1) is 22.0 Å². The van der Waals surface area contributed by atoms with Crippen molar-refractivity contribution in [3.63, 3.8) is 0 Å². The van der Waals surface area contributed by atoms with E-state index in [1.807, 2.05) is 4.90 Å². The van der Waals surface area contributed by atoms with Crippen molar-refractivity contribution < 1.29 is 22.9 Å². The quantitative estimate of drug-likeness (QED) is 0.503. The van der Waals surface area contributed by atoms with E-state index in [1.165, 1.54) is 12.1 Å². The number of benzene rings is 1. The summed E-state index contributed by atoms with van der Waals surface area (Å²) in [6.45, 7) is 1.80. The van der Waals surface area contributed by atoms with Gasteiger partial charge in [0.05, 0.1) is 29.1 Å². The lowest BCUT2D eigenvalue weighted by molar-refractivity contribution is -0.384. The molecule has 2 saturated carbocycles. The minimum absolute atomic E-state index is 0.100. The molecule has 1 saturated heterocycles. The number of morpholine rings is 1. The number of hydrogen-bond donors (Lipinski definition) is 1. The lowest BCUT2D eigenvalue weighted by atomic mass is 9.85. The van der Waals surface area contributed by atoms with Crippen molar-refractivity contribution >= 4 is 33.2 Å². The van der Waals surface area contributed by atoms with Crippen LogP contribution in [0.15, 0.2) is 23.1 Å². The second-order valence-electron chi connectivity index (χ2n) is 8.55. The van der Waals surface area contributed by atoms with Gasteiger partial charge in [0.15, 0.2) is 0 Å². The average molecular weight is 472 g/mol. The molecule has 1 amide bonds. The van der Waals surface area contributed by atoms with Crippen molar-refractivity contribution in [2.75, 3.05) is 19.8 Å². The Morgan fingerprint density at radius 1 is 1.19 bits per heavy atom.